The number of rotatable bonds is 5. The first kappa shape index (κ1) is 16.2. The molecule has 2 rings (SSSR count). The van der Waals surface area contributed by atoms with Crippen LogP contribution in [0.2, 0.25) is 5.02 Å². The van der Waals surface area contributed by atoms with Crippen molar-refractivity contribution in [1.82, 2.24) is 10.6 Å². The minimum Gasteiger partial charge on any atom is -0.387 e. The fourth-order valence-electron chi connectivity index (χ4n) is 1.89. The molecule has 0 aliphatic carbocycles. The van der Waals surface area contributed by atoms with Crippen molar-refractivity contribution >= 4 is 29.9 Å². The van der Waals surface area contributed by atoms with Gasteiger partial charge in [0.25, 0.3) is 0 Å². The van der Waals surface area contributed by atoms with E-state index in [0.717, 1.165) is 13.1 Å². The van der Waals surface area contributed by atoms with E-state index in [9.17, 15) is 9.90 Å². The van der Waals surface area contributed by atoms with Gasteiger partial charge in [0.05, 0.1) is 6.10 Å². The van der Waals surface area contributed by atoms with Crippen LogP contribution in [0, 0.1) is 5.92 Å². The predicted molar refractivity (Wildman–Crippen MR) is 77.6 cm³/mol. The van der Waals surface area contributed by atoms with E-state index in [4.69, 9.17) is 11.6 Å². The van der Waals surface area contributed by atoms with Crippen LogP contribution < -0.4 is 10.6 Å². The Morgan fingerprint density at radius 3 is 2.74 bits per heavy atom. The van der Waals surface area contributed by atoms with Crippen molar-refractivity contribution in [2.45, 2.75) is 12.5 Å². The van der Waals surface area contributed by atoms with Gasteiger partial charge in [-0.2, -0.15) is 0 Å². The maximum Gasteiger partial charge on any atom is 0.220 e. The minimum atomic E-state index is -0.762. The molecule has 1 aliphatic rings. The van der Waals surface area contributed by atoms with E-state index in [1.54, 1.807) is 18.2 Å². The number of hydrogen-bond acceptors (Lipinski definition) is 3. The topological polar surface area (TPSA) is 61.4 Å². The van der Waals surface area contributed by atoms with Crippen molar-refractivity contribution in [2.75, 3.05) is 19.6 Å². The van der Waals surface area contributed by atoms with Gasteiger partial charge < -0.3 is 15.7 Å². The largest absolute Gasteiger partial charge is 0.387 e. The summed E-state index contributed by atoms with van der Waals surface area (Å²) in [4.78, 5) is 11.6. The Bertz CT molecular complexity index is 425. The summed E-state index contributed by atoms with van der Waals surface area (Å²) >= 11 is 5.97. The highest BCUT2D eigenvalue weighted by Gasteiger charge is 2.20. The molecule has 1 unspecified atom stereocenters. The lowest BCUT2D eigenvalue weighted by molar-refractivity contribution is -0.122. The van der Waals surface area contributed by atoms with E-state index in [1.807, 2.05) is 6.07 Å². The van der Waals surface area contributed by atoms with Gasteiger partial charge in [-0.15, -0.1) is 12.4 Å². The molecule has 1 saturated heterocycles. The first-order chi connectivity index (χ1) is 8.66. The maximum atomic E-state index is 11.6. The summed E-state index contributed by atoms with van der Waals surface area (Å²) in [5, 5.41) is 16.3. The first-order valence-electron chi connectivity index (χ1n) is 6.06. The van der Waals surface area contributed by atoms with Crippen molar-refractivity contribution in [3.63, 3.8) is 0 Å². The van der Waals surface area contributed by atoms with Gasteiger partial charge in [0, 0.05) is 23.6 Å². The second-order valence-electron chi connectivity index (χ2n) is 4.57. The van der Waals surface area contributed by atoms with Crippen LogP contribution in [0.1, 0.15) is 18.1 Å². The van der Waals surface area contributed by atoms with Gasteiger partial charge in [0.1, 0.15) is 0 Å². The van der Waals surface area contributed by atoms with Crippen molar-refractivity contribution in [1.29, 1.82) is 0 Å². The fraction of sp³-hybridized carbons (Fsp3) is 0.462. The summed E-state index contributed by atoms with van der Waals surface area (Å²) < 4.78 is 0. The Morgan fingerprint density at radius 2 is 2.16 bits per heavy atom. The van der Waals surface area contributed by atoms with Crippen LogP contribution in [0.4, 0.5) is 0 Å². The predicted octanol–water partition coefficient (Wildman–Crippen LogP) is 1.52. The van der Waals surface area contributed by atoms with Crippen LogP contribution in [-0.4, -0.2) is 30.6 Å². The van der Waals surface area contributed by atoms with E-state index < -0.39 is 6.10 Å². The Labute approximate surface area is 123 Å². The summed E-state index contributed by atoms with van der Waals surface area (Å²) in [6.07, 6.45) is -0.246. The summed E-state index contributed by atoms with van der Waals surface area (Å²) in [7, 11) is 0. The molecule has 4 nitrogen and oxygen atoms in total. The van der Waals surface area contributed by atoms with Gasteiger partial charge in [0.2, 0.25) is 5.91 Å². The summed E-state index contributed by atoms with van der Waals surface area (Å²) in [6.45, 7) is 2.00. The Hall–Kier alpha value is -0.810. The standard InChI is InChI=1S/C13H17ClN2O2.ClH/c14-11-4-2-1-3-10(11)12(17)8-16-13(18)5-9-6-15-7-9;/h1-4,9,12,15,17H,5-8H2,(H,16,18);1H. The van der Waals surface area contributed by atoms with Gasteiger partial charge in [-0.25, -0.2) is 0 Å². The fourth-order valence-corrected chi connectivity index (χ4v) is 2.15. The van der Waals surface area contributed by atoms with Crippen molar-refractivity contribution in [2.24, 2.45) is 5.92 Å². The molecule has 0 aromatic heterocycles. The molecule has 6 heteroatoms. The molecule has 1 aromatic carbocycles. The number of halogens is 2. The number of aliphatic hydroxyl groups is 1. The average molecular weight is 305 g/mol. The third kappa shape index (κ3) is 4.66. The smallest absolute Gasteiger partial charge is 0.220 e. The molecule has 0 radical (unpaired) electrons. The Balaban J connectivity index is 0.00000180. The number of aliphatic hydroxyl groups excluding tert-OH is 1. The summed E-state index contributed by atoms with van der Waals surface area (Å²) in [5.41, 5.74) is 0.643. The molecule has 1 heterocycles. The van der Waals surface area contributed by atoms with Crippen LogP contribution >= 0.6 is 24.0 Å². The zero-order valence-corrected chi connectivity index (χ0v) is 12.0. The van der Waals surface area contributed by atoms with Crippen LogP contribution in [0.5, 0.6) is 0 Å². The van der Waals surface area contributed by atoms with Crippen molar-refractivity contribution < 1.29 is 9.90 Å². The molecule has 1 aromatic rings. The summed E-state index contributed by atoms with van der Waals surface area (Å²) in [5.74, 6) is 0.412. The number of carbonyl (C=O) groups excluding carboxylic acids is 1. The summed E-state index contributed by atoms with van der Waals surface area (Å²) in [6, 6.07) is 7.10. The Kier molecular flexibility index (Phi) is 6.58. The normalized spacial score (nSPS) is 16.1. The van der Waals surface area contributed by atoms with Crippen LogP contribution in [-0.2, 0) is 4.79 Å². The molecule has 19 heavy (non-hydrogen) atoms. The van der Waals surface area contributed by atoms with Gasteiger partial charge in [-0.3, -0.25) is 4.79 Å². The minimum absolute atomic E-state index is 0. The lowest BCUT2D eigenvalue weighted by Crippen LogP contribution is -2.44. The number of amides is 1. The molecular weight excluding hydrogens is 287 g/mol. The molecule has 3 N–H and O–H groups in total. The zero-order chi connectivity index (χ0) is 13.0. The first-order valence-corrected chi connectivity index (χ1v) is 6.44. The van der Waals surface area contributed by atoms with Gasteiger partial charge in [0.15, 0.2) is 0 Å². The Morgan fingerprint density at radius 1 is 1.47 bits per heavy atom. The second-order valence-corrected chi connectivity index (χ2v) is 4.98. The number of carbonyl (C=O) groups is 1. The zero-order valence-electron chi connectivity index (χ0n) is 10.4. The lowest BCUT2D eigenvalue weighted by atomic mass is 9.99. The molecule has 0 spiro atoms. The molecule has 106 valence electrons. The van der Waals surface area contributed by atoms with Gasteiger partial charge in [-0.1, -0.05) is 29.8 Å². The van der Waals surface area contributed by atoms with E-state index in [2.05, 4.69) is 10.6 Å². The molecule has 1 atom stereocenters. The van der Waals surface area contributed by atoms with E-state index in [-0.39, 0.29) is 24.9 Å². The third-order valence-electron chi connectivity index (χ3n) is 3.10. The highest BCUT2D eigenvalue weighted by molar-refractivity contribution is 6.31. The van der Waals surface area contributed by atoms with Crippen LogP contribution in [0.3, 0.4) is 0 Å². The molecule has 1 amide bonds. The SMILES string of the molecule is Cl.O=C(CC1CNC1)NCC(O)c1ccccc1Cl. The van der Waals surface area contributed by atoms with Crippen LogP contribution in [0.15, 0.2) is 24.3 Å². The third-order valence-corrected chi connectivity index (χ3v) is 3.44. The van der Waals surface area contributed by atoms with Crippen LogP contribution in [0.25, 0.3) is 0 Å². The molecular formula is C13H18Cl2N2O2. The number of benzene rings is 1. The quantitative estimate of drug-likeness (QED) is 0.773. The maximum absolute atomic E-state index is 11.6. The van der Waals surface area contributed by atoms with Gasteiger partial charge >= 0.3 is 0 Å². The van der Waals surface area contributed by atoms with E-state index >= 15 is 0 Å². The second kappa shape index (κ2) is 7.70. The van der Waals surface area contributed by atoms with E-state index in [0.29, 0.717) is 22.9 Å². The van der Waals surface area contributed by atoms with Crippen molar-refractivity contribution in [3.8, 4) is 0 Å². The van der Waals surface area contributed by atoms with Crippen molar-refractivity contribution in [3.05, 3.63) is 34.9 Å². The highest BCUT2D eigenvalue weighted by atomic mass is 35.5. The average Bonchev–Trinajstić information content (AvgIpc) is 2.31. The molecule has 1 fully saturated rings. The lowest BCUT2D eigenvalue weighted by Gasteiger charge is -2.26. The molecule has 0 saturated carbocycles. The number of nitrogens with one attached hydrogen (secondary N) is 2. The highest BCUT2D eigenvalue weighted by Crippen LogP contribution is 2.21. The molecule has 0 bridgehead atoms. The van der Waals surface area contributed by atoms with E-state index in [1.165, 1.54) is 0 Å². The van der Waals surface area contributed by atoms with Gasteiger partial charge in [-0.05, 0) is 25.1 Å². The molecule has 1 aliphatic heterocycles. The monoisotopic (exact) mass is 304 g/mol. The number of hydrogen-bond donors (Lipinski definition) is 3.